The fourth-order valence-corrected chi connectivity index (χ4v) is 1.67. The molecule has 0 fully saturated rings. The number of nitrogens with one attached hydrogen (secondary N) is 1. The zero-order chi connectivity index (χ0) is 13.1. The Morgan fingerprint density at radius 3 is 2.63 bits per heavy atom. The summed E-state index contributed by atoms with van der Waals surface area (Å²) in [6, 6.07) is 11.3. The number of hydrogen-bond donors (Lipinski definition) is 2. The maximum Gasteiger partial charge on any atom is 0.164 e. The van der Waals surface area contributed by atoms with Gasteiger partial charge < -0.3 is 5.43 Å². The maximum absolute atomic E-state index is 5.43. The van der Waals surface area contributed by atoms with Crippen LogP contribution in [-0.2, 0) is 0 Å². The van der Waals surface area contributed by atoms with E-state index >= 15 is 0 Å². The third-order valence-corrected chi connectivity index (χ3v) is 2.55. The molecule has 0 atom stereocenters. The van der Waals surface area contributed by atoms with Crippen LogP contribution in [0.2, 0.25) is 0 Å². The molecule has 7 nitrogen and oxygen atoms in total. The topological polar surface area (TPSA) is 94.5 Å². The standard InChI is InChI=1S/C12H11N7/c13-18-10-6-11(19-8-14-7-15-19)17-12(16-10)9-4-2-1-3-5-9/h1-8H,13H2,(H,16,17,18). The molecule has 19 heavy (non-hydrogen) atoms. The van der Waals surface area contributed by atoms with Crippen LogP contribution in [0.15, 0.2) is 49.1 Å². The van der Waals surface area contributed by atoms with Crippen molar-refractivity contribution < 1.29 is 0 Å². The zero-order valence-corrected chi connectivity index (χ0v) is 9.93. The van der Waals surface area contributed by atoms with E-state index in [4.69, 9.17) is 5.84 Å². The fraction of sp³-hybridized carbons (Fsp3) is 0. The number of aromatic nitrogens is 5. The number of hydrazine groups is 1. The van der Waals surface area contributed by atoms with Gasteiger partial charge in [0.25, 0.3) is 0 Å². The van der Waals surface area contributed by atoms with Gasteiger partial charge in [-0.3, -0.25) is 0 Å². The molecular weight excluding hydrogens is 242 g/mol. The van der Waals surface area contributed by atoms with E-state index in [1.165, 1.54) is 6.33 Å². The molecule has 0 unspecified atom stereocenters. The second-order valence-corrected chi connectivity index (χ2v) is 3.79. The summed E-state index contributed by atoms with van der Waals surface area (Å²) in [6.07, 6.45) is 3.01. The van der Waals surface area contributed by atoms with Crippen LogP contribution in [0.5, 0.6) is 0 Å². The number of nitrogen functional groups attached to an aromatic ring is 1. The predicted octanol–water partition coefficient (Wildman–Crippen LogP) is 1.01. The third-order valence-electron chi connectivity index (χ3n) is 2.55. The van der Waals surface area contributed by atoms with Crippen LogP contribution >= 0.6 is 0 Å². The quantitative estimate of drug-likeness (QED) is 0.534. The average molecular weight is 253 g/mol. The fourth-order valence-electron chi connectivity index (χ4n) is 1.67. The van der Waals surface area contributed by atoms with Crippen molar-refractivity contribution in [2.24, 2.45) is 5.84 Å². The van der Waals surface area contributed by atoms with Crippen LogP contribution in [0, 0.1) is 0 Å². The Bertz CT molecular complexity index is 664. The first kappa shape index (κ1) is 11.3. The van der Waals surface area contributed by atoms with Gasteiger partial charge in [0.2, 0.25) is 0 Å². The normalized spacial score (nSPS) is 10.4. The molecule has 0 aliphatic carbocycles. The number of anilines is 1. The van der Waals surface area contributed by atoms with Gasteiger partial charge in [-0.05, 0) is 0 Å². The van der Waals surface area contributed by atoms with Crippen molar-refractivity contribution in [1.82, 2.24) is 24.7 Å². The molecule has 3 N–H and O–H groups in total. The summed E-state index contributed by atoms with van der Waals surface area (Å²) in [6.45, 7) is 0. The predicted molar refractivity (Wildman–Crippen MR) is 70.2 cm³/mol. The number of nitrogens with two attached hydrogens (primary N) is 1. The van der Waals surface area contributed by atoms with Crippen molar-refractivity contribution in [1.29, 1.82) is 0 Å². The number of benzene rings is 1. The Morgan fingerprint density at radius 1 is 1.11 bits per heavy atom. The summed E-state index contributed by atoms with van der Waals surface area (Å²) in [5.74, 6) is 7.11. The van der Waals surface area contributed by atoms with Crippen molar-refractivity contribution in [2.75, 3.05) is 5.43 Å². The molecule has 0 spiro atoms. The van der Waals surface area contributed by atoms with Gasteiger partial charge in [0.05, 0.1) is 0 Å². The Hall–Kier alpha value is -2.80. The van der Waals surface area contributed by atoms with Crippen molar-refractivity contribution in [3.05, 3.63) is 49.1 Å². The first-order valence-electron chi connectivity index (χ1n) is 5.63. The van der Waals surface area contributed by atoms with Crippen LogP contribution in [0.1, 0.15) is 0 Å². The molecule has 0 bridgehead atoms. The second-order valence-electron chi connectivity index (χ2n) is 3.79. The first-order chi connectivity index (χ1) is 9.36. The van der Waals surface area contributed by atoms with E-state index < -0.39 is 0 Å². The number of rotatable bonds is 3. The summed E-state index contributed by atoms with van der Waals surface area (Å²) in [5, 5.41) is 4.04. The largest absolute Gasteiger partial charge is 0.308 e. The van der Waals surface area contributed by atoms with E-state index in [2.05, 4.69) is 25.5 Å². The van der Waals surface area contributed by atoms with E-state index in [0.717, 1.165) is 5.56 Å². The first-order valence-corrected chi connectivity index (χ1v) is 5.63. The van der Waals surface area contributed by atoms with Gasteiger partial charge >= 0.3 is 0 Å². The molecule has 0 saturated carbocycles. The van der Waals surface area contributed by atoms with Crippen molar-refractivity contribution in [3.63, 3.8) is 0 Å². The highest BCUT2D eigenvalue weighted by molar-refractivity contribution is 5.58. The smallest absolute Gasteiger partial charge is 0.164 e. The summed E-state index contributed by atoms with van der Waals surface area (Å²) in [5.41, 5.74) is 3.43. The highest BCUT2D eigenvalue weighted by atomic mass is 15.4. The summed E-state index contributed by atoms with van der Waals surface area (Å²) >= 11 is 0. The van der Waals surface area contributed by atoms with Gasteiger partial charge in [0.1, 0.15) is 18.5 Å². The molecule has 1 aromatic carbocycles. The summed E-state index contributed by atoms with van der Waals surface area (Å²) in [4.78, 5) is 12.7. The van der Waals surface area contributed by atoms with Crippen molar-refractivity contribution in [2.45, 2.75) is 0 Å². The molecule has 3 rings (SSSR count). The van der Waals surface area contributed by atoms with Crippen molar-refractivity contribution >= 4 is 5.82 Å². The molecule has 0 aliphatic heterocycles. The lowest BCUT2D eigenvalue weighted by Crippen LogP contribution is -2.11. The van der Waals surface area contributed by atoms with E-state index in [0.29, 0.717) is 17.5 Å². The molecule has 3 aromatic rings. The number of nitrogens with zero attached hydrogens (tertiary/aromatic N) is 5. The zero-order valence-electron chi connectivity index (χ0n) is 9.93. The Morgan fingerprint density at radius 2 is 1.95 bits per heavy atom. The molecule has 2 heterocycles. The third kappa shape index (κ3) is 2.26. The minimum atomic E-state index is 0.513. The van der Waals surface area contributed by atoms with Crippen molar-refractivity contribution in [3.8, 4) is 17.2 Å². The van der Waals surface area contributed by atoms with Crippen LogP contribution in [-0.4, -0.2) is 24.7 Å². The van der Waals surface area contributed by atoms with Gasteiger partial charge in [0.15, 0.2) is 11.6 Å². The van der Waals surface area contributed by atoms with E-state index in [1.54, 1.807) is 17.1 Å². The van der Waals surface area contributed by atoms with Crippen LogP contribution in [0.3, 0.4) is 0 Å². The van der Waals surface area contributed by atoms with E-state index in [-0.39, 0.29) is 0 Å². The minimum Gasteiger partial charge on any atom is -0.308 e. The number of hydrogen-bond acceptors (Lipinski definition) is 6. The van der Waals surface area contributed by atoms with Crippen LogP contribution in [0.25, 0.3) is 17.2 Å². The van der Waals surface area contributed by atoms with Gasteiger partial charge in [-0.15, -0.1) is 0 Å². The molecule has 0 radical (unpaired) electrons. The summed E-state index contributed by atoms with van der Waals surface area (Å²) < 4.78 is 1.55. The Kier molecular flexibility index (Phi) is 2.87. The van der Waals surface area contributed by atoms with E-state index in [9.17, 15) is 0 Å². The maximum atomic E-state index is 5.43. The SMILES string of the molecule is NNc1cc(-n2cncn2)nc(-c2ccccc2)n1. The molecule has 7 heteroatoms. The molecular formula is C12H11N7. The molecule has 0 aliphatic rings. The van der Waals surface area contributed by atoms with Crippen LogP contribution < -0.4 is 11.3 Å². The Labute approximate surface area is 109 Å². The van der Waals surface area contributed by atoms with Crippen LogP contribution in [0.4, 0.5) is 5.82 Å². The minimum absolute atomic E-state index is 0.513. The van der Waals surface area contributed by atoms with Gasteiger partial charge in [-0.2, -0.15) is 5.10 Å². The monoisotopic (exact) mass is 253 g/mol. The van der Waals surface area contributed by atoms with Gasteiger partial charge in [0, 0.05) is 11.6 Å². The molecule has 94 valence electrons. The lowest BCUT2D eigenvalue weighted by molar-refractivity contribution is 0.840. The lowest BCUT2D eigenvalue weighted by atomic mass is 10.2. The molecule has 0 saturated heterocycles. The average Bonchev–Trinajstić information content (AvgIpc) is 3.02. The van der Waals surface area contributed by atoms with E-state index in [1.807, 2.05) is 30.3 Å². The second kappa shape index (κ2) is 4.83. The molecule has 2 aromatic heterocycles. The molecule has 0 amide bonds. The lowest BCUT2D eigenvalue weighted by Gasteiger charge is -2.07. The summed E-state index contributed by atoms with van der Waals surface area (Å²) in [7, 11) is 0. The highest BCUT2D eigenvalue weighted by Crippen LogP contribution is 2.18. The Balaban J connectivity index is 2.13. The van der Waals surface area contributed by atoms with Gasteiger partial charge in [-0.25, -0.2) is 25.5 Å². The van der Waals surface area contributed by atoms with Gasteiger partial charge in [-0.1, -0.05) is 30.3 Å². The highest BCUT2D eigenvalue weighted by Gasteiger charge is 2.07.